The standard InChI is InChI=1S/C11H26N4O2/c1-5-17-8-6-7-13-10(15-12)14-9-11(2,3)16-4/h5-9,12H2,1-4H3,(H2,13,14,15). The Bertz CT molecular complexity index is 220. The molecule has 0 saturated heterocycles. The maximum Gasteiger partial charge on any atom is 0.205 e. The van der Waals surface area contributed by atoms with Crippen LogP contribution < -0.4 is 16.6 Å². The highest BCUT2D eigenvalue weighted by Crippen LogP contribution is 2.06. The summed E-state index contributed by atoms with van der Waals surface area (Å²) in [6, 6.07) is 0. The van der Waals surface area contributed by atoms with Crippen molar-refractivity contribution in [2.24, 2.45) is 10.8 Å². The SMILES string of the molecule is CCOCCCNC(=NCC(C)(C)OC)NN. The summed E-state index contributed by atoms with van der Waals surface area (Å²) in [5.74, 6) is 5.94. The minimum Gasteiger partial charge on any atom is -0.382 e. The van der Waals surface area contributed by atoms with E-state index >= 15 is 0 Å². The smallest absolute Gasteiger partial charge is 0.205 e. The van der Waals surface area contributed by atoms with Gasteiger partial charge in [-0.15, -0.1) is 0 Å². The summed E-state index contributed by atoms with van der Waals surface area (Å²) in [5.41, 5.74) is 2.25. The zero-order valence-electron chi connectivity index (χ0n) is 11.4. The Kier molecular flexibility index (Phi) is 8.75. The molecule has 0 spiro atoms. The third kappa shape index (κ3) is 8.91. The van der Waals surface area contributed by atoms with Gasteiger partial charge in [-0.3, -0.25) is 5.43 Å². The summed E-state index contributed by atoms with van der Waals surface area (Å²) < 4.78 is 10.5. The minimum absolute atomic E-state index is 0.283. The zero-order valence-corrected chi connectivity index (χ0v) is 11.4. The summed E-state index contributed by atoms with van der Waals surface area (Å²) in [7, 11) is 1.67. The molecule has 17 heavy (non-hydrogen) atoms. The fourth-order valence-electron chi connectivity index (χ4n) is 1.01. The molecule has 0 aliphatic rings. The van der Waals surface area contributed by atoms with Crippen LogP contribution in [0.3, 0.4) is 0 Å². The molecular weight excluding hydrogens is 220 g/mol. The minimum atomic E-state index is -0.283. The highest BCUT2D eigenvalue weighted by Gasteiger charge is 2.15. The topological polar surface area (TPSA) is 80.9 Å². The molecular formula is C11H26N4O2. The van der Waals surface area contributed by atoms with E-state index in [-0.39, 0.29) is 5.60 Å². The Morgan fingerprint density at radius 1 is 1.41 bits per heavy atom. The van der Waals surface area contributed by atoms with Crippen LogP contribution >= 0.6 is 0 Å². The average molecular weight is 246 g/mol. The van der Waals surface area contributed by atoms with Gasteiger partial charge in [-0.05, 0) is 27.2 Å². The van der Waals surface area contributed by atoms with Gasteiger partial charge in [0.1, 0.15) is 0 Å². The fraction of sp³-hybridized carbons (Fsp3) is 0.909. The third-order valence-corrected chi connectivity index (χ3v) is 2.27. The molecule has 0 aliphatic heterocycles. The summed E-state index contributed by atoms with van der Waals surface area (Å²) in [6.45, 7) is 8.73. The van der Waals surface area contributed by atoms with E-state index < -0.39 is 0 Å². The predicted molar refractivity (Wildman–Crippen MR) is 69.8 cm³/mol. The van der Waals surface area contributed by atoms with Crippen LogP contribution in [0.2, 0.25) is 0 Å². The van der Waals surface area contributed by atoms with Gasteiger partial charge in [0.15, 0.2) is 0 Å². The number of hydrazine groups is 1. The van der Waals surface area contributed by atoms with Crippen molar-refractivity contribution in [3.05, 3.63) is 0 Å². The van der Waals surface area contributed by atoms with Crippen molar-refractivity contribution < 1.29 is 9.47 Å². The van der Waals surface area contributed by atoms with Crippen molar-refractivity contribution in [1.29, 1.82) is 0 Å². The number of guanidine groups is 1. The van der Waals surface area contributed by atoms with Crippen LogP contribution in [-0.2, 0) is 9.47 Å². The Balaban J connectivity index is 3.86. The molecule has 0 amide bonds. The number of nitrogens with two attached hydrogens (primary N) is 1. The lowest BCUT2D eigenvalue weighted by Crippen LogP contribution is -2.43. The van der Waals surface area contributed by atoms with Crippen molar-refractivity contribution in [3.8, 4) is 0 Å². The lowest BCUT2D eigenvalue weighted by Gasteiger charge is -2.20. The first-order valence-electron chi connectivity index (χ1n) is 5.93. The van der Waals surface area contributed by atoms with Crippen molar-refractivity contribution in [3.63, 3.8) is 0 Å². The highest BCUT2D eigenvalue weighted by molar-refractivity contribution is 5.79. The van der Waals surface area contributed by atoms with Gasteiger partial charge in [0, 0.05) is 26.9 Å². The summed E-state index contributed by atoms with van der Waals surface area (Å²) in [6.07, 6.45) is 0.919. The maximum atomic E-state index is 5.37. The molecule has 0 aliphatic carbocycles. The van der Waals surface area contributed by atoms with E-state index in [9.17, 15) is 0 Å². The Morgan fingerprint density at radius 3 is 2.65 bits per heavy atom. The van der Waals surface area contributed by atoms with Crippen LogP contribution in [0.4, 0.5) is 0 Å². The molecule has 0 unspecified atom stereocenters. The van der Waals surface area contributed by atoms with Gasteiger partial charge in [-0.2, -0.15) is 0 Å². The molecule has 0 aromatic carbocycles. The molecule has 0 fully saturated rings. The Labute approximate surface area is 104 Å². The van der Waals surface area contributed by atoms with Gasteiger partial charge in [-0.25, -0.2) is 10.8 Å². The molecule has 0 heterocycles. The molecule has 0 aromatic heterocycles. The molecule has 6 nitrogen and oxygen atoms in total. The third-order valence-electron chi connectivity index (χ3n) is 2.27. The monoisotopic (exact) mass is 246 g/mol. The summed E-state index contributed by atoms with van der Waals surface area (Å²) in [5, 5.41) is 3.10. The van der Waals surface area contributed by atoms with Crippen molar-refractivity contribution >= 4 is 5.96 Å². The van der Waals surface area contributed by atoms with Crippen molar-refractivity contribution in [2.45, 2.75) is 32.8 Å². The number of nitrogens with one attached hydrogen (secondary N) is 2. The van der Waals surface area contributed by atoms with Crippen molar-refractivity contribution in [1.82, 2.24) is 10.7 Å². The zero-order chi connectivity index (χ0) is 13.1. The summed E-state index contributed by atoms with van der Waals surface area (Å²) >= 11 is 0. The molecule has 0 atom stereocenters. The molecule has 102 valence electrons. The predicted octanol–water partition coefficient (Wildman–Crippen LogP) is 0.247. The molecule has 0 radical (unpaired) electrons. The normalized spacial score (nSPS) is 12.6. The van der Waals surface area contributed by atoms with Crippen LogP contribution in [0.25, 0.3) is 0 Å². The van der Waals surface area contributed by atoms with Crippen LogP contribution in [0, 0.1) is 0 Å². The fourth-order valence-corrected chi connectivity index (χ4v) is 1.01. The number of ether oxygens (including phenoxy) is 2. The largest absolute Gasteiger partial charge is 0.382 e. The second kappa shape index (κ2) is 9.21. The van der Waals surface area contributed by atoms with E-state index in [0.717, 1.165) is 26.2 Å². The van der Waals surface area contributed by atoms with Gasteiger partial charge >= 0.3 is 0 Å². The first kappa shape index (κ1) is 16.1. The number of nitrogens with zero attached hydrogens (tertiary/aromatic N) is 1. The first-order chi connectivity index (χ1) is 8.05. The molecule has 0 bridgehead atoms. The van der Waals surface area contributed by atoms with E-state index in [1.807, 2.05) is 20.8 Å². The van der Waals surface area contributed by atoms with E-state index in [1.165, 1.54) is 0 Å². The second-order valence-electron chi connectivity index (χ2n) is 4.25. The van der Waals surface area contributed by atoms with Gasteiger partial charge < -0.3 is 14.8 Å². The van der Waals surface area contributed by atoms with Gasteiger partial charge in [0.05, 0.1) is 12.1 Å². The number of aliphatic imine (C=N–C) groups is 1. The number of methoxy groups -OCH3 is 1. The van der Waals surface area contributed by atoms with E-state index in [0.29, 0.717) is 12.5 Å². The molecule has 0 saturated carbocycles. The van der Waals surface area contributed by atoms with Crippen molar-refractivity contribution in [2.75, 3.05) is 33.4 Å². The Morgan fingerprint density at radius 2 is 2.12 bits per heavy atom. The summed E-state index contributed by atoms with van der Waals surface area (Å²) in [4.78, 5) is 4.31. The van der Waals surface area contributed by atoms with Crippen LogP contribution in [0.5, 0.6) is 0 Å². The van der Waals surface area contributed by atoms with Gasteiger partial charge in [-0.1, -0.05) is 0 Å². The van der Waals surface area contributed by atoms with Crippen LogP contribution in [0.15, 0.2) is 4.99 Å². The molecule has 6 heteroatoms. The van der Waals surface area contributed by atoms with E-state index in [2.05, 4.69) is 15.7 Å². The van der Waals surface area contributed by atoms with Crippen LogP contribution in [0.1, 0.15) is 27.2 Å². The lowest BCUT2D eigenvalue weighted by atomic mass is 10.1. The average Bonchev–Trinajstić information content (AvgIpc) is 2.32. The second-order valence-corrected chi connectivity index (χ2v) is 4.25. The highest BCUT2D eigenvalue weighted by atomic mass is 16.5. The Hall–Kier alpha value is -0.850. The van der Waals surface area contributed by atoms with Gasteiger partial charge in [0.2, 0.25) is 5.96 Å². The number of rotatable bonds is 8. The lowest BCUT2D eigenvalue weighted by molar-refractivity contribution is 0.0310. The number of hydrogen-bond acceptors (Lipinski definition) is 4. The molecule has 0 aromatic rings. The van der Waals surface area contributed by atoms with Gasteiger partial charge in [0.25, 0.3) is 0 Å². The number of hydrogen-bond donors (Lipinski definition) is 3. The van der Waals surface area contributed by atoms with Crippen LogP contribution in [-0.4, -0.2) is 45.0 Å². The van der Waals surface area contributed by atoms with E-state index in [4.69, 9.17) is 15.3 Å². The first-order valence-corrected chi connectivity index (χ1v) is 5.93. The quantitative estimate of drug-likeness (QED) is 0.188. The van der Waals surface area contributed by atoms with E-state index in [1.54, 1.807) is 7.11 Å². The molecule has 4 N–H and O–H groups in total. The molecule has 0 rings (SSSR count). The maximum absolute atomic E-state index is 5.37.